The zero-order valence-corrected chi connectivity index (χ0v) is 17.2. The lowest BCUT2D eigenvalue weighted by molar-refractivity contribution is -0.151. The highest BCUT2D eigenvalue weighted by molar-refractivity contribution is 9.10. The molecule has 1 aromatic rings. The molecule has 0 bridgehead atoms. The molecule has 8 heteroatoms. The van der Waals surface area contributed by atoms with E-state index in [0.29, 0.717) is 17.3 Å². The number of hydrogen-bond donors (Lipinski definition) is 1. The predicted octanol–water partition coefficient (Wildman–Crippen LogP) is 3.77. The molecule has 1 heterocycles. The molecular weight excluding hydrogens is 436 g/mol. The van der Waals surface area contributed by atoms with E-state index in [1.807, 2.05) is 4.90 Å². The van der Waals surface area contributed by atoms with Crippen LogP contribution in [-0.4, -0.2) is 41.9 Å². The van der Waals surface area contributed by atoms with E-state index in [9.17, 15) is 14.4 Å². The van der Waals surface area contributed by atoms with Gasteiger partial charge in [0.05, 0.1) is 10.9 Å². The standard InChI is InChI=1S/C19H22BrClN2O4/c20-15-7-6-13(9-16(15)21)22-17(24)11-27-19(26)12-8-18(25)23(10-12)14-4-2-1-3-5-14/h6-7,9,12,14H,1-5,8,10-11H2,(H,22,24)/t12-/m1/s1. The summed E-state index contributed by atoms with van der Waals surface area (Å²) in [6.07, 6.45) is 5.65. The van der Waals surface area contributed by atoms with Gasteiger partial charge in [0, 0.05) is 29.2 Å². The zero-order valence-electron chi connectivity index (χ0n) is 14.9. The number of anilines is 1. The van der Waals surface area contributed by atoms with Gasteiger partial charge < -0.3 is 15.0 Å². The van der Waals surface area contributed by atoms with Crippen LogP contribution in [0.4, 0.5) is 5.69 Å². The highest BCUT2D eigenvalue weighted by Crippen LogP contribution is 2.29. The SMILES string of the molecule is O=C(COC(=O)[C@@H]1CC(=O)N(C2CCCCC2)C1)Nc1ccc(Br)c(Cl)c1. The topological polar surface area (TPSA) is 75.7 Å². The Morgan fingerprint density at radius 2 is 2.00 bits per heavy atom. The van der Waals surface area contributed by atoms with Crippen LogP contribution in [0.5, 0.6) is 0 Å². The molecule has 6 nitrogen and oxygen atoms in total. The summed E-state index contributed by atoms with van der Waals surface area (Å²) in [5.74, 6) is -1.42. The molecule has 3 rings (SSSR count). The molecule has 2 aliphatic rings. The average Bonchev–Trinajstić information content (AvgIpc) is 3.05. The quantitative estimate of drug-likeness (QED) is 0.683. The molecule has 1 aromatic carbocycles. The van der Waals surface area contributed by atoms with Gasteiger partial charge in [0.15, 0.2) is 6.61 Å². The van der Waals surface area contributed by atoms with Gasteiger partial charge in [0.1, 0.15) is 0 Å². The fourth-order valence-corrected chi connectivity index (χ4v) is 4.09. The van der Waals surface area contributed by atoms with Crippen molar-refractivity contribution >= 4 is 51.0 Å². The summed E-state index contributed by atoms with van der Waals surface area (Å²) in [6, 6.07) is 5.25. The summed E-state index contributed by atoms with van der Waals surface area (Å²) in [5.41, 5.74) is 0.517. The third kappa shape index (κ3) is 5.23. The van der Waals surface area contributed by atoms with Crippen LogP contribution in [0, 0.1) is 5.92 Å². The van der Waals surface area contributed by atoms with Crippen LogP contribution in [0.15, 0.2) is 22.7 Å². The molecule has 27 heavy (non-hydrogen) atoms. The molecule has 1 saturated carbocycles. The third-order valence-corrected chi connectivity index (χ3v) is 6.29. The average molecular weight is 458 g/mol. The van der Waals surface area contributed by atoms with Crippen LogP contribution in [-0.2, 0) is 19.1 Å². The Balaban J connectivity index is 1.46. The summed E-state index contributed by atoms with van der Waals surface area (Å²) in [4.78, 5) is 38.3. The molecule has 146 valence electrons. The number of rotatable bonds is 5. The number of esters is 1. The Hall–Kier alpha value is -1.60. The van der Waals surface area contributed by atoms with E-state index in [1.54, 1.807) is 18.2 Å². The second-order valence-corrected chi connectivity index (χ2v) is 8.29. The van der Waals surface area contributed by atoms with E-state index in [4.69, 9.17) is 16.3 Å². The van der Waals surface area contributed by atoms with Crippen molar-refractivity contribution in [2.45, 2.75) is 44.6 Å². The maximum Gasteiger partial charge on any atom is 0.311 e. The summed E-state index contributed by atoms with van der Waals surface area (Å²) >= 11 is 9.26. The van der Waals surface area contributed by atoms with E-state index in [-0.39, 0.29) is 25.0 Å². The van der Waals surface area contributed by atoms with Crippen LogP contribution in [0.3, 0.4) is 0 Å². The fraction of sp³-hybridized carbons (Fsp3) is 0.526. The van der Waals surface area contributed by atoms with Gasteiger partial charge in [0.25, 0.3) is 5.91 Å². The largest absolute Gasteiger partial charge is 0.455 e. The van der Waals surface area contributed by atoms with Crippen molar-refractivity contribution < 1.29 is 19.1 Å². The van der Waals surface area contributed by atoms with Gasteiger partial charge in [-0.2, -0.15) is 0 Å². The van der Waals surface area contributed by atoms with Crippen molar-refractivity contribution in [2.24, 2.45) is 5.92 Å². The van der Waals surface area contributed by atoms with Crippen LogP contribution in [0.2, 0.25) is 5.02 Å². The second-order valence-electron chi connectivity index (χ2n) is 7.02. The Bertz CT molecular complexity index is 736. The normalized spacial score (nSPS) is 20.6. The van der Waals surface area contributed by atoms with Crippen LogP contribution < -0.4 is 5.32 Å². The van der Waals surface area contributed by atoms with Crippen LogP contribution >= 0.6 is 27.5 Å². The Labute approximate surface area is 171 Å². The summed E-state index contributed by atoms with van der Waals surface area (Å²) in [5, 5.41) is 3.10. The number of carbonyl (C=O) groups is 3. The van der Waals surface area contributed by atoms with Crippen molar-refractivity contribution in [1.82, 2.24) is 4.90 Å². The minimum Gasteiger partial charge on any atom is -0.455 e. The first-order chi connectivity index (χ1) is 12.9. The number of carbonyl (C=O) groups excluding carboxylic acids is 3. The molecule has 0 radical (unpaired) electrons. The first-order valence-corrected chi connectivity index (χ1v) is 10.3. The van der Waals surface area contributed by atoms with Crippen molar-refractivity contribution in [1.29, 1.82) is 0 Å². The highest BCUT2D eigenvalue weighted by atomic mass is 79.9. The predicted molar refractivity (Wildman–Crippen MR) is 105 cm³/mol. The monoisotopic (exact) mass is 456 g/mol. The van der Waals surface area contributed by atoms with Gasteiger partial charge in [-0.3, -0.25) is 14.4 Å². The number of hydrogen-bond acceptors (Lipinski definition) is 4. The molecule has 0 unspecified atom stereocenters. The maximum absolute atomic E-state index is 12.3. The van der Waals surface area contributed by atoms with Gasteiger partial charge in [-0.05, 0) is 47.0 Å². The number of halogens is 2. The number of likely N-dealkylation sites (tertiary alicyclic amines) is 1. The lowest BCUT2D eigenvalue weighted by atomic mass is 9.94. The van der Waals surface area contributed by atoms with Gasteiger partial charge in [-0.1, -0.05) is 30.9 Å². The van der Waals surface area contributed by atoms with E-state index in [2.05, 4.69) is 21.2 Å². The molecular formula is C19H22BrClN2O4. The lowest BCUT2D eigenvalue weighted by Crippen LogP contribution is -2.38. The molecule has 1 N–H and O–H groups in total. The fourth-order valence-electron chi connectivity index (χ4n) is 3.66. The van der Waals surface area contributed by atoms with Gasteiger partial charge >= 0.3 is 5.97 Å². The van der Waals surface area contributed by atoms with Crippen LogP contribution in [0.25, 0.3) is 0 Å². The number of nitrogens with one attached hydrogen (secondary N) is 1. The Kier molecular flexibility index (Phi) is 6.76. The van der Waals surface area contributed by atoms with E-state index in [1.165, 1.54) is 6.42 Å². The van der Waals surface area contributed by atoms with Gasteiger partial charge in [-0.15, -0.1) is 0 Å². The van der Waals surface area contributed by atoms with Crippen molar-refractivity contribution in [3.05, 3.63) is 27.7 Å². The maximum atomic E-state index is 12.3. The first kappa shape index (κ1) is 20.1. The van der Waals surface area contributed by atoms with Crippen molar-refractivity contribution in [2.75, 3.05) is 18.5 Å². The van der Waals surface area contributed by atoms with Crippen LogP contribution in [0.1, 0.15) is 38.5 Å². The van der Waals surface area contributed by atoms with E-state index >= 15 is 0 Å². The van der Waals surface area contributed by atoms with Gasteiger partial charge in [-0.25, -0.2) is 0 Å². The van der Waals surface area contributed by atoms with Crippen molar-refractivity contribution in [3.8, 4) is 0 Å². The number of ether oxygens (including phenoxy) is 1. The summed E-state index contributed by atoms with van der Waals surface area (Å²) in [6.45, 7) is 0.00685. The van der Waals surface area contributed by atoms with E-state index < -0.39 is 17.8 Å². The zero-order chi connectivity index (χ0) is 19.4. The minimum absolute atomic E-state index is 0.0119. The Morgan fingerprint density at radius 1 is 1.26 bits per heavy atom. The summed E-state index contributed by atoms with van der Waals surface area (Å²) in [7, 11) is 0. The number of nitrogens with zero attached hydrogens (tertiary/aromatic N) is 1. The van der Waals surface area contributed by atoms with E-state index in [0.717, 1.165) is 30.2 Å². The smallest absolute Gasteiger partial charge is 0.311 e. The Morgan fingerprint density at radius 3 is 2.70 bits per heavy atom. The number of amides is 2. The number of benzene rings is 1. The lowest BCUT2D eigenvalue weighted by Gasteiger charge is -2.31. The molecule has 1 saturated heterocycles. The van der Waals surface area contributed by atoms with Gasteiger partial charge in [0.2, 0.25) is 5.91 Å². The molecule has 2 amide bonds. The highest BCUT2D eigenvalue weighted by Gasteiger charge is 2.39. The summed E-state index contributed by atoms with van der Waals surface area (Å²) < 4.78 is 5.85. The van der Waals surface area contributed by atoms with Crippen molar-refractivity contribution in [3.63, 3.8) is 0 Å². The molecule has 1 aliphatic carbocycles. The molecule has 2 fully saturated rings. The molecule has 1 aliphatic heterocycles. The molecule has 0 aromatic heterocycles. The third-order valence-electron chi connectivity index (χ3n) is 5.06. The molecule has 1 atom stereocenters. The molecule has 0 spiro atoms. The minimum atomic E-state index is -0.495. The second kappa shape index (κ2) is 9.06. The first-order valence-electron chi connectivity index (χ1n) is 9.15.